The van der Waals surface area contributed by atoms with Crippen LogP contribution in [0.5, 0.6) is 5.75 Å². The Morgan fingerprint density at radius 2 is 2.05 bits per heavy atom. The van der Waals surface area contributed by atoms with Gasteiger partial charge in [0.05, 0.1) is 21.6 Å². The van der Waals surface area contributed by atoms with Crippen LogP contribution >= 0.6 is 38.9 Å². The molecule has 2 rings (SSSR count). The number of hydrogen-bond acceptors (Lipinski definition) is 4. The third-order valence-electron chi connectivity index (χ3n) is 2.57. The average molecular weight is 397 g/mol. The molecule has 0 saturated carbocycles. The summed E-state index contributed by atoms with van der Waals surface area (Å²) in [6, 6.07) is 6.53. The minimum absolute atomic E-state index is 0.157. The molecule has 20 heavy (non-hydrogen) atoms. The second-order valence-corrected chi connectivity index (χ2v) is 8.66. The van der Waals surface area contributed by atoms with E-state index in [0.717, 1.165) is 16.9 Å². The van der Waals surface area contributed by atoms with Gasteiger partial charge < -0.3 is 4.74 Å². The number of halogens is 2. The Hall–Kier alpha value is -0.760. The zero-order chi connectivity index (χ0) is 14.9. The van der Waals surface area contributed by atoms with Gasteiger partial charge in [-0.2, -0.15) is 0 Å². The zero-order valence-corrected chi connectivity index (χ0v) is 14.6. The van der Waals surface area contributed by atoms with Crippen molar-refractivity contribution in [2.75, 3.05) is 11.8 Å². The van der Waals surface area contributed by atoms with Gasteiger partial charge in [0.2, 0.25) is 0 Å². The van der Waals surface area contributed by atoms with Crippen LogP contribution in [0.1, 0.15) is 5.56 Å². The van der Waals surface area contributed by atoms with E-state index in [2.05, 4.69) is 20.7 Å². The third-order valence-corrected chi connectivity index (χ3v) is 6.88. The van der Waals surface area contributed by atoms with Crippen molar-refractivity contribution in [3.63, 3.8) is 0 Å². The Kier molecular flexibility index (Phi) is 4.63. The summed E-state index contributed by atoms with van der Waals surface area (Å²) in [7, 11) is -2.08. The first-order valence-electron chi connectivity index (χ1n) is 5.46. The first-order valence-corrected chi connectivity index (χ1v) is 8.93. The molecular weight excluding hydrogens is 386 g/mol. The summed E-state index contributed by atoms with van der Waals surface area (Å²) in [4.78, 5) is 0. The molecule has 0 atom stereocenters. The van der Waals surface area contributed by atoms with Crippen molar-refractivity contribution < 1.29 is 13.2 Å². The number of aryl methyl sites for hydroxylation is 1. The molecule has 108 valence electrons. The van der Waals surface area contributed by atoms with Crippen LogP contribution in [0.25, 0.3) is 0 Å². The molecule has 2 aromatic rings. The topological polar surface area (TPSA) is 55.4 Å². The number of methoxy groups -OCH3 is 1. The summed E-state index contributed by atoms with van der Waals surface area (Å²) in [5, 5.41) is 0.377. The van der Waals surface area contributed by atoms with Crippen LogP contribution in [0.4, 0.5) is 5.69 Å². The summed E-state index contributed by atoms with van der Waals surface area (Å²) in [5.74, 6) is 0.673. The van der Waals surface area contributed by atoms with E-state index >= 15 is 0 Å². The van der Waals surface area contributed by atoms with E-state index in [1.807, 2.05) is 0 Å². The molecule has 0 radical (unpaired) electrons. The predicted octanol–water partition coefficient (Wildman–Crippen LogP) is 4.28. The van der Waals surface area contributed by atoms with Crippen molar-refractivity contribution in [3.05, 3.63) is 38.6 Å². The minimum Gasteiger partial charge on any atom is -0.497 e. The standard InChI is InChI=1S/C12H11BrClNO3S2/c1-7-5-8(18-2)3-4-10(7)15-20(16,17)11-6-9(14)12(13)19-11/h3-6,15H,1-2H3. The molecule has 4 nitrogen and oxygen atoms in total. The molecule has 8 heteroatoms. The van der Waals surface area contributed by atoms with Gasteiger partial charge >= 0.3 is 0 Å². The molecule has 0 amide bonds. The number of ether oxygens (including phenoxy) is 1. The van der Waals surface area contributed by atoms with Crippen molar-refractivity contribution in [2.45, 2.75) is 11.1 Å². The predicted molar refractivity (Wildman–Crippen MR) is 85.6 cm³/mol. The quantitative estimate of drug-likeness (QED) is 0.839. The molecule has 0 aliphatic rings. The second-order valence-electron chi connectivity index (χ2n) is 3.97. The van der Waals surface area contributed by atoms with E-state index < -0.39 is 10.0 Å². The maximum atomic E-state index is 12.3. The van der Waals surface area contributed by atoms with Gasteiger partial charge in [0, 0.05) is 0 Å². The molecule has 1 aromatic carbocycles. The van der Waals surface area contributed by atoms with Crippen LogP contribution in [0.2, 0.25) is 5.02 Å². The summed E-state index contributed by atoms with van der Waals surface area (Å²) < 4.78 is 32.9. The number of hydrogen-bond donors (Lipinski definition) is 1. The average Bonchev–Trinajstić information content (AvgIpc) is 2.73. The van der Waals surface area contributed by atoms with Crippen molar-refractivity contribution in [3.8, 4) is 5.75 Å². The third kappa shape index (κ3) is 3.28. The van der Waals surface area contributed by atoms with Crippen molar-refractivity contribution in [2.24, 2.45) is 0 Å². The number of sulfonamides is 1. The van der Waals surface area contributed by atoms with Crippen LogP contribution in [-0.2, 0) is 10.0 Å². The molecule has 0 aliphatic heterocycles. The molecule has 0 saturated heterocycles. The number of thiophene rings is 1. The van der Waals surface area contributed by atoms with E-state index in [1.165, 1.54) is 6.07 Å². The van der Waals surface area contributed by atoms with Crippen LogP contribution in [0.3, 0.4) is 0 Å². The molecule has 0 bridgehead atoms. The largest absolute Gasteiger partial charge is 0.497 e. The number of benzene rings is 1. The zero-order valence-electron chi connectivity index (χ0n) is 10.6. The van der Waals surface area contributed by atoms with E-state index in [1.54, 1.807) is 32.2 Å². The van der Waals surface area contributed by atoms with Gasteiger partial charge in [-0.3, -0.25) is 4.72 Å². The molecule has 1 N–H and O–H groups in total. The first kappa shape index (κ1) is 15.6. The number of anilines is 1. The minimum atomic E-state index is -3.64. The van der Waals surface area contributed by atoms with Crippen molar-refractivity contribution >= 4 is 54.6 Å². The summed E-state index contributed by atoms with van der Waals surface area (Å²) in [6.45, 7) is 1.80. The fourth-order valence-corrected chi connectivity index (χ4v) is 5.06. The SMILES string of the molecule is COc1ccc(NS(=O)(=O)c2cc(Cl)c(Br)s2)c(C)c1. The van der Waals surface area contributed by atoms with Crippen LogP contribution < -0.4 is 9.46 Å². The van der Waals surface area contributed by atoms with E-state index in [9.17, 15) is 8.42 Å². The lowest BCUT2D eigenvalue weighted by Crippen LogP contribution is -2.12. The molecule has 0 spiro atoms. The number of rotatable bonds is 4. The van der Waals surface area contributed by atoms with Gasteiger partial charge in [0.25, 0.3) is 10.0 Å². The van der Waals surface area contributed by atoms with Gasteiger partial charge in [-0.1, -0.05) is 11.6 Å². The van der Waals surface area contributed by atoms with E-state index in [-0.39, 0.29) is 4.21 Å². The van der Waals surface area contributed by atoms with Crippen LogP contribution in [0.15, 0.2) is 32.3 Å². The lowest BCUT2D eigenvalue weighted by molar-refractivity contribution is 0.414. The second kappa shape index (κ2) is 5.93. The summed E-state index contributed by atoms with van der Waals surface area (Å²) in [6.07, 6.45) is 0. The van der Waals surface area contributed by atoms with Gasteiger partial charge in [-0.15, -0.1) is 11.3 Å². The van der Waals surface area contributed by atoms with Gasteiger partial charge in [0.1, 0.15) is 9.96 Å². The summed E-state index contributed by atoms with van der Waals surface area (Å²) >= 11 is 10.1. The first-order chi connectivity index (χ1) is 9.33. The maximum Gasteiger partial charge on any atom is 0.271 e. The molecular formula is C12H11BrClNO3S2. The van der Waals surface area contributed by atoms with Gasteiger partial charge in [-0.05, 0) is 52.7 Å². The highest BCUT2D eigenvalue weighted by Gasteiger charge is 2.20. The molecule has 0 aliphatic carbocycles. The lowest BCUT2D eigenvalue weighted by Gasteiger charge is -2.10. The lowest BCUT2D eigenvalue weighted by atomic mass is 10.2. The Labute approximate surface area is 134 Å². The van der Waals surface area contributed by atoms with E-state index in [0.29, 0.717) is 20.2 Å². The van der Waals surface area contributed by atoms with Crippen molar-refractivity contribution in [1.82, 2.24) is 0 Å². The fourth-order valence-electron chi connectivity index (χ4n) is 1.53. The maximum absolute atomic E-state index is 12.3. The normalized spacial score (nSPS) is 11.4. The Balaban J connectivity index is 2.33. The Bertz CT molecular complexity index is 724. The molecule has 1 aromatic heterocycles. The van der Waals surface area contributed by atoms with Crippen molar-refractivity contribution in [1.29, 1.82) is 0 Å². The van der Waals surface area contributed by atoms with Gasteiger partial charge in [-0.25, -0.2) is 8.42 Å². The van der Waals surface area contributed by atoms with Crippen LogP contribution in [0, 0.1) is 6.92 Å². The fraction of sp³-hybridized carbons (Fsp3) is 0.167. The van der Waals surface area contributed by atoms with E-state index in [4.69, 9.17) is 16.3 Å². The van der Waals surface area contributed by atoms with Gasteiger partial charge in [0.15, 0.2) is 0 Å². The highest BCUT2D eigenvalue weighted by molar-refractivity contribution is 9.11. The molecule has 1 heterocycles. The smallest absolute Gasteiger partial charge is 0.271 e. The summed E-state index contributed by atoms with van der Waals surface area (Å²) in [5.41, 5.74) is 1.28. The monoisotopic (exact) mass is 395 g/mol. The highest BCUT2D eigenvalue weighted by Crippen LogP contribution is 2.35. The molecule has 0 fully saturated rings. The Morgan fingerprint density at radius 1 is 1.35 bits per heavy atom. The number of nitrogens with one attached hydrogen (secondary N) is 1. The highest BCUT2D eigenvalue weighted by atomic mass is 79.9. The van der Waals surface area contributed by atoms with Crippen LogP contribution in [-0.4, -0.2) is 15.5 Å². The molecule has 0 unspecified atom stereocenters. The Morgan fingerprint density at radius 3 is 2.55 bits per heavy atom.